The van der Waals surface area contributed by atoms with Crippen LogP contribution < -0.4 is 0 Å². The molecule has 1 heterocycles. The second kappa shape index (κ2) is 1.89. The Morgan fingerprint density at radius 1 is 1.33 bits per heavy atom. The molecule has 0 N–H and O–H groups in total. The van der Waals surface area contributed by atoms with Gasteiger partial charge in [0.1, 0.15) is 0 Å². The Morgan fingerprint density at radius 3 is 2.00 bits per heavy atom. The molecule has 0 aromatic carbocycles. The summed E-state index contributed by atoms with van der Waals surface area (Å²) in [5, 5.41) is 0. The summed E-state index contributed by atoms with van der Waals surface area (Å²) in [5.41, 5.74) is 0.405. The number of hydrogen-bond acceptors (Lipinski definition) is 2. The van der Waals surface area contributed by atoms with Gasteiger partial charge in [0.2, 0.25) is 0 Å². The molecular weight excluding hydrogens is 172 g/mol. The molecule has 2 rings (SSSR count). The molecule has 0 aromatic rings. The van der Waals surface area contributed by atoms with Crippen molar-refractivity contribution in [3.63, 3.8) is 0 Å². The molecule has 1 saturated carbocycles. The first-order chi connectivity index (χ1) is 5.32. The molecule has 1 unspecified atom stereocenters. The van der Waals surface area contributed by atoms with Gasteiger partial charge in [-0.05, 0) is 23.2 Å². The van der Waals surface area contributed by atoms with Gasteiger partial charge in [0.15, 0.2) is 9.84 Å². The van der Waals surface area contributed by atoms with Crippen molar-refractivity contribution in [1.82, 2.24) is 0 Å². The smallest absolute Gasteiger partial charge is 0.150 e. The second-order valence-electron chi connectivity index (χ2n) is 4.94. The maximum atomic E-state index is 11.3. The Morgan fingerprint density at radius 2 is 1.83 bits per heavy atom. The number of rotatable bonds is 0. The van der Waals surface area contributed by atoms with Crippen LogP contribution in [0.2, 0.25) is 0 Å². The zero-order valence-electron chi connectivity index (χ0n) is 7.92. The van der Waals surface area contributed by atoms with E-state index in [0.29, 0.717) is 17.4 Å². The van der Waals surface area contributed by atoms with Gasteiger partial charge in [-0.2, -0.15) is 0 Å². The Balaban J connectivity index is 2.31. The fraction of sp³-hybridized carbons (Fsp3) is 1.00. The van der Waals surface area contributed by atoms with Crippen molar-refractivity contribution in [3.05, 3.63) is 0 Å². The van der Waals surface area contributed by atoms with E-state index in [4.69, 9.17) is 0 Å². The minimum Gasteiger partial charge on any atom is -0.229 e. The minimum atomic E-state index is -2.70. The van der Waals surface area contributed by atoms with Gasteiger partial charge in [0, 0.05) is 0 Å². The second-order valence-corrected chi connectivity index (χ2v) is 7.13. The molecule has 2 fully saturated rings. The molecule has 70 valence electrons. The molecule has 1 saturated heterocycles. The van der Waals surface area contributed by atoms with Crippen molar-refractivity contribution in [2.24, 2.45) is 16.7 Å². The monoisotopic (exact) mass is 188 g/mol. The van der Waals surface area contributed by atoms with Crippen LogP contribution in [0.15, 0.2) is 0 Å². The molecule has 3 heteroatoms. The van der Waals surface area contributed by atoms with Gasteiger partial charge >= 0.3 is 0 Å². The predicted molar refractivity (Wildman–Crippen MR) is 48.6 cm³/mol. The summed E-state index contributed by atoms with van der Waals surface area (Å²) in [6.07, 6.45) is 0.892. The summed E-state index contributed by atoms with van der Waals surface area (Å²) in [7, 11) is -2.70. The number of sulfone groups is 1. The van der Waals surface area contributed by atoms with E-state index < -0.39 is 9.84 Å². The van der Waals surface area contributed by atoms with Crippen LogP contribution in [0, 0.1) is 16.7 Å². The highest BCUT2D eigenvalue weighted by atomic mass is 32.2. The van der Waals surface area contributed by atoms with Gasteiger partial charge in [0.05, 0.1) is 11.5 Å². The molecule has 1 spiro atoms. The van der Waals surface area contributed by atoms with Crippen LogP contribution in [-0.2, 0) is 9.84 Å². The first-order valence-corrected chi connectivity index (χ1v) is 6.34. The molecule has 2 aliphatic rings. The van der Waals surface area contributed by atoms with Crippen LogP contribution in [0.3, 0.4) is 0 Å². The molecule has 2 atom stereocenters. The van der Waals surface area contributed by atoms with E-state index in [0.717, 1.165) is 6.42 Å². The maximum absolute atomic E-state index is 11.3. The van der Waals surface area contributed by atoms with E-state index in [2.05, 4.69) is 20.8 Å². The molecule has 0 aromatic heterocycles. The van der Waals surface area contributed by atoms with Crippen LogP contribution in [0.25, 0.3) is 0 Å². The zero-order chi connectivity index (χ0) is 9.20. The van der Waals surface area contributed by atoms with E-state index >= 15 is 0 Å². The summed E-state index contributed by atoms with van der Waals surface area (Å²) in [6, 6.07) is 0. The van der Waals surface area contributed by atoms with Crippen molar-refractivity contribution in [3.8, 4) is 0 Å². The third-order valence-electron chi connectivity index (χ3n) is 4.45. The van der Waals surface area contributed by atoms with Gasteiger partial charge in [-0.3, -0.25) is 0 Å². The third-order valence-corrected chi connectivity index (χ3v) is 6.23. The third kappa shape index (κ3) is 0.781. The summed E-state index contributed by atoms with van der Waals surface area (Å²) in [6.45, 7) is 6.57. The first-order valence-electron chi connectivity index (χ1n) is 4.52. The van der Waals surface area contributed by atoms with Crippen LogP contribution in [0.4, 0.5) is 0 Å². The fourth-order valence-electron chi connectivity index (χ4n) is 2.95. The van der Waals surface area contributed by atoms with Crippen LogP contribution >= 0.6 is 0 Å². The fourth-order valence-corrected chi connectivity index (χ4v) is 5.33. The van der Waals surface area contributed by atoms with Gasteiger partial charge in [-0.25, -0.2) is 8.42 Å². The van der Waals surface area contributed by atoms with Crippen molar-refractivity contribution >= 4 is 9.84 Å². The Kier molecular flexibility index (Phi) is 1.35. The maximum Gasteiger partial charge on any atom is 0.150 e. The average Bonchev–Trinajstić information content (AvgIpc) is 2.30. The molecule has 2 nitrogen and oxygen atoms in total. The van der Waals surface area contributed by atoms with E-state index in [-0.39, 0.29) is 10.8 Å². The summed E-state index contributed by atoms with van der Waals surface area (Å²) in [4.78, 5) is 0. The lowest BCUT2D eigenvalue weighted by Gasteiger charge is -2.09. The summed E-state index contributed by atoms with van der Waals surface area (Å²) in [5.74, 6) is 1.44. The van der Waals surface area contributed by atoms with Crippen molar-refractivity contribution in [2.75, 3.05) is 11.5 Å². The summed E-state index contributed by atoms with van der Waals surface area (Å²) >= 11 is 0. The zero-order valence-corrected chi connectivity index (χ0v) is 8.74. The van der Waals surface area contributed by atoms with Crippen LogP contribution in [-0.4, -0.2) is 19.9 Å². The highest BCUT2D eigenvalue weighted by molar-refractivity contribution is 7.91. The summed E-state index contributed by atoms with van der Waals surface area (Å²) < 4.78 is 22.6. The van der Waals surface area contributed by atoms with Crippen LogP contribution in [0.1, 0.15) is 27.2 Å². The van der Waals surface area contributed by atoms with Crippen molar-refractivity contribution in [2.45, 2.75) is 27.2 Å². The average molecular weight is 188 g/mol. The molecule has 0 radical (unpaired) electrons. The van der Waals surface area contributed by atoms with Gasteiger partial charge < -0.3 is 0 Å². The molecule has 1 aliphatic carbocycles. The molecule has 0 amide bonds. The molecule has 0 bridgehead atoms. The Hall–Kier alpha value is -0.0500. The van der Waals surface area contributed by atoms with Gasteiger partial charge in [0.25, 0.3) is 0 Å². The van der Waals surface area contributed by atoms with Crippen molar-refractivity contribution in [1.29, 1.82) is 0 Å². The normalized spacial score (nSPS) is 48.1. The van der Waals surface area contributed by atoms with E-state index in [1.807, 2.05) is 0 Å². The predicted octanol–water partition coefficient (Wildman–Crippen LogP) is 1.47. The van der Waals surface area contributed by atoms with Gasteiger partial charge in [-0.1, -0.05) is 20.8 Å². The Labute approximate surface area is 74.3 Å². The van der Waals surface area contributed by atoms with Gasteiger partial charge in [-0.15, -0.1) is 0 Å². The lowest BCUT2D eigenvalue weighted by Crippen LogP contribution is -2.11. The van der Waals surface area contributed by atoms with E-state index in [1.165, 1.54) is 0 Å². The topological polar surface area (TPSA) is 34.1 Å². The molecule has 1 aliphatic heterocycles. The lowest BCUT2D eigenvalue weighted by atomic mass is 9.96. The largest absolute Gasteiger partial charge is 0.229 e. The first kappa shape index (κ1) is 8.54. The molecule has 12 heavy (non-hydrogen) atoms. The van der Waals surface area contributed by atoms with E-state index in [1.54, 1.807) is 0 Å². The van der Waals surface area contributed by atoms with Crippen LogP contribution in [0.5, 0.6) is 0 Å². The lowest BCUT2D eigenvalue weighted by molar-refractivity contribution is 0.427. The minimum absolute atomic E-state index is 0.145. The highest BCUT2D eigenvalue weighted by Gasteiger charge is 2.71. The van der Waals surface area contributed by atoms with Crippen molar-refractivity contribution < 1.29 is 8.42 Å². The highest BCUT2D eigenvalue weighted by Crippen LogP contribution is 2.72. The van der Waals surface area contributed by atoms with E-state index in [9.17, 15) is 8.42 Å². The molecular formula is C9H16O2S. The number of hydrogen-bond donors (Lipinski definition) is 0. The Bertz CT molecular complexity index is 315. The quantitative estimate of drug-likeness (QED) is 0.577. The SMILES string of the molecule is CC1C(C)(C)[C@]12CCS(=O)(=O)C2. The standard InChI is InChI=1S/C9H16O2S/c1-7-8(2,3)9(7)4-5-12(10,11)6-9/h7H,4-6H2,1-3H3/t7?,9-/m0/s1.